The summed E-state index contributed by atoms with van der Waals surface area (Å²) in [5, 5.41) is 0. The summed E-state index contributed by atoms with van der Waals surface area (Å²) in [6.45, 7) is -0.779. The van der Waals surface area contributed by atoms with Gasteiger partial charge in [0.25, 0.3) is 0 Å². The highest BCUT2D eigenvalue weighted by Crippen LogP contribution is 2.69. The Morgan fingerprint density at radius 3 is 1.68 bits per heavy atom. The molecule has 0 spiro atoms. The molecule has 2 bridgehead atoms. The topological polar surface area (TPSA) is 124 Å². The van der Waals surface area contributed by atoms with Crippen molar-refractivity contribution in [2.24, 2.45) is 17.6 Å². The van der Waals surface area contributed by atoms with Crippen molar-refractivity contribution in [3.63, 3.8) is 0 Å². The van der Waals surface area contributed by atoms with E-state index < -0.39 is 75.9 Å². The number of halogens is 3. The lowest BCUT2D eigenvalue weighted by molar-refractivity contribution is -0.159. The molecule has 7 rings (SSSR count). The van der Waals surface area contributed by atoms with E-state index in [0.717, 1.165) is 12.1 Å². The summed E-state index contributed by atoms with van der Waals surface area (Å²) in [6, 6.07) is 16.9. The van der Waals surface area contributed by atoms with E-state index >= 15 is 0 Å². The number of Topliss-reactive ketones (excluding diaryl/α,β-unsaturated/α-hetero) is 1. The number of likely N-dealkylation sites (tertiary alicyclic amines) is 1. The number of nitrogens with zero attached hydrogens (tertiary/aromatic N) is 1. The quantitative estimate of drug-likeness (QED) is 0.193. The zero-order chi connectivity index (χ0) is 29.3. The van der Waals surface area contributed by atoms with Gasteiger partial charge in [0, 0.05) is 5.56 Å². The van der Waals surface area contributed by atoms with Crippen LogP contribution in [-0.2, 0) is 33.7 Å². The summed E-state index contributed by atoms with van der Waals surface area (Å²) in [4.78, 5) is 63.7. The van der Waals surface area contributed by atoms with E-state index in [0.29, 0.717) is 27.2 Å². The van der Waals surface area contributed by atoms with Gasteiger partial charge < -0.3 is 10.5 Å². The summed E-state index contributed by atoms with van der Waals surface area (Å²) >= 11 is 14.8. The Hall–Kier alpha value is -4.08. The van der Waals surface area contributed by atoms with Crippen LogP contribution in [0.25, 0.3) is 0 Å². The molecule has 8 nitrogen and oxygen atoms in total. The summed E-state index contributed by atoms with van der Waals surface area (Å²) in [6.07, 6.45) is -0.745. The summed E-state index contributed by atoms with van der Waals surface area (Å²) in [5.74, 6) is -7.41. The highest BCUT2D eigenvalue weighted by atomic mass is 35.5. The first-order valence-corrected chi connectivity index (χ1v) is 13.4. The molecule has 208 valence electrons. The van der Waals surface area contributed by atoms with Crippen molar-refractivity contribution in [2.45, 2.75) is 22.2 Å². The van der Waals surface area contributed by atoms with Crippen molar-refractivity contribution < 1.29 is 33.1 Å². The molecule has 0 unspecified atom stereocenters. The maximum Gasteiger partial charge on any atom is 0.330 e. The van der Waals surface area contributed by atoms with E-state index in [1.165, 1.54) is 12.1 Å². The SMILES string of the molecule is NC(=O)C[C@H](C(=O)OCC(=O)c1ccc(F)cc1)N1C(=O)[C@@H]2[C@H](C1=O)C1(Cl)c3ccccc3C2(Cl)c2ccccc21. The number of nitrogens with two attached hydrogens (primary N) is 1. The van der Waals surface area contributed by atoms with Gasteiger partial charge in [0.05, 0.1) is 18.3 Å². The molecule has 41 heavy (non-hydrogen) atoms. The zero-order valence-corrected chi connectivity index (χ0v) is 22.7. The molecule has 3 amide bonds. The molecule has 0 saturated carbocycles. The Labute approximate surface area is 243 Å². The number of alkyl halides is 2. The molecule has 4 aliphatic rings. The molecular weight excluding hydrogens is 574 g/mol. The summed E-state index contributed by atoms with van der Waals surface area (Å²) in [5.41, 5.74) is 7.75. The van der Waals surface area contributed by atoms with Crippen LogP contribution in [0.1, 0.15) is 39.0 Å². The number of ether oxygens (including phenoxy) is 1. The Morgan fingerprint density at radius 2 is 1.27 bits per heavy atom. The van der Waals surface area contributed by atoms with Crippen LogP contribution < -0.4 is 5.73 Å². The molecule has 1 heterocycles. The van der Waals surface area contributed by atoms with Crippen LogP contribution in [-0.4, -0.2) is 47.0 Å². The van der Waals surface area contributed by atoms with Crippen molar-refractivity contribution in [1.29, 1.82) is 0 Å². The van der Waals surface area contributed by atoms with Gasteiger partial charge in [-0.15, -0.1) is 23.2 Å². The van der Waals surface area contributed by atoms with Gasteiger partial charge in [-0.05, 0) is 46.5 Å². The normalized spacial score (nSPS) is 26.2. The number of benzene rings is 3. The summed E-state index contributed by atoms with van der Waals surface area (Å²) < 4.78 is 18.4. The van der Waals surface area contributed by atoms with Crippen molar-refractivity contribution in [3.8, 4) is 0 Å². The Balaban J connectivity index is 1.38. The highest BCUT2D eigenvalue weighted by molar-refractivity contribution is 6.36. The Morgan fingerprint density at radius 1 is 0.829 bits per heavy atom. The number of carbonyl (C=O) groups is 5. The predicted molar refractivity (Wildman–Crippen MR) is 144 cm³/mol. The first kappa shape index (κ1) is 27.1. The molecule has 3 aromatic carbocycles. The molecular formula is C30H21Cl2FN2O6. The lowest BCUT2D eigenvalue weighted by atomic mass is 9.54. The van der Waals surface area contributed by atoms with Gasteiger partial charge in [0.1, 0.15) is 21.6 Å². The van der Waals surface area contributed by atoms with Crippen LogP contribution in [0.5, 0.6) is 0 Å². The molecule has 3 aromatic rings. The molecule has 1 saturated heterocycles. The molecule has 3 aliphatic carbocycles. The van der Waals surface area contributed by atoms with E-state index in [1.807, 2.05) is 0 Å². The lowest BCUT2D eigenvalue weighted by Crippen LogP contribution is -2.57. The Kier molecular flexibility index (Phi) is 6.28. The minimum atomic E-state index is -1.76. The first-order valence-electron chi connectivity index (χ1n) is 12.7. The smallest absolute Gasteiger partial charge is 0.330 e. The van der Waals surface area contributed by atoms with Crippen LogP contribution in [0.4, 0.5) is 4.39 Å². The van der Waals surface area contributed by atoms with Gasteiger partial charge in [-0.25, -0.2) is 9.18 Å². The number of amides is 3. The molecule has 11 heteroatoms. The molecule has 1 aliphatic heterocycles. The number of hydrogen-bond donors (Lipinski definition) is 1. The number of carbonyl (C=O) groups excluding carboxylic acids is 5. The lowest BCUT2D eigenvalue weighted by Gasteiger charge is -2.54. The minimum Gasteiger partial charge on any atom is -0.456 e. The van der Waals surface area contributed by atoms with Gasteiger partial charge in [-0.3, -0.25) is 24.1 Å². The van der Waals surface area contributed by atoms with E-state index in [2.05, 4.69) is 0 Å². The molecule has 0 radical (unpaired) electrons. The minimum absolute atomic E-state index is 0.0743. The van der Waals surface area contributed by atoms with Crippen molar-refractivity contribution in [1.82, 2.24) is 4.90 Å². The largest absolute Gasteiger partial charge is 0.456 e. The molecule has 0 aromatic heterocycles. The fraction of sp³-hybridized carbons (Fsp3) is 0.233. The van der Waals surface area contributed by atoms with E-state index in [9.17, 15) is 28.4 Å². The van der Waals surface area contributed by atoms with Crippen LogP contribution in [0, 0.1) is 17.7 Å². The number of imide groups is 1. The van der Waals surface area contributed by atoms with Crippen LogP contribution in [0.15, 0.2) is 72.8 Å². The third-order valence-electron chi connectivity index (χ3n) is 8.11. The average Bonchev–Trinajstić information content (AvgIpc) is 3.24. The standard InChI is InChI=1S/C30H21Cl2FN2O6/c31-29-17-5-1-2-6-18(17)30(32,20-8-4-3-7-19(20)29)25-24(29)26(38)35(27(25)39)21(13-23(34)37)28(40)41-14-22(36)15-9-11-16(33)12-10-15/h1-12,21,24-25H,13-14H2,(H2,34,37)/t21-,24-,25+,29?,30?/m1/s1. The Bertz CT molecular complexity index is 1540. The first-order chi connectivity index (χ1) is 19.5. The van der Waals surface area contributed by atoms with Crippen LogP contribution in [0.3, 0.4) is 0 Å². The van der Waals surface area contributed by atoms with Gasteiger partial charge in [-0.1, -0.05) is 48.5 Å². The number of primary amides is 1. The van der Waals surface area contributed by atoms with Gasteiger partial charge in [0.15, 0.2) is 12.4 Å². The van der Waals surface area contributed by atoms with Crippen molar-refractivity contribution in [2.75, 3.05) is 6.61 Å². The second-order valence-electron chi connectivity index (χ2n) is 10.2. The predicted octanol–water partition coefficient (Wildman–Crippen LogP) is 3.39. The van der Waals surface area contributed by atoms with Gasteiger partial charge in [0.2, 0.25) is 17.7 Å². The fourth-order valence-electron chi connectivity index (χ4n) is 6.42. The number of rotatable bonds is 7. The van der Waals surface area contributed by atoms with Crippen LogP contribution >= 0.6 is 23.2 Å². The van der Waals surface area contributed by atoms with Gasteiger partial charge >= 0.3 is 5.97 Å². The fourth-order valence-corrected chi connectivity index (χ4v) is 7.52. The number of hydrogen-bond acceptors (Lipinski definition) is 6. The molecule has 1 fully saturated rings. The number of esters is 1. The average molecular weight is 595 g/mol. The van der Waals surface area contributed by atoms with Crippen molar-refractivity contribution >= 4 is 52.7 Å². The molecule has 3 atom stereocenters. The summed E-state index contributed by atoms with van der Waals surface area (Å²) in [7, 11) is 0. The monoisotopic (exact) mass is 594 g/mol. The second kappa shape index (κ2) is 9.49. The third-order valence-corrected chi connectivity index (χ3v) is 9.39. The van der Waals surface area contributed by atoms with E-state index in [1.54, 1.807) is 48.5 Å². The third kappa shape index (κ3) is 3.75. The maximum atomic E-state index is 14.1. The number of ketones is 1. The molecule has 2 N–H and O–H groups in total. The van der Waals surface area contributed by atoms with Gasteiger partial charge in [-0.2, -0.15) is 0 Å². The van der Waals surface area contributed by atoms with E-state index in [4.69, 9.17) is 33.7 Å². The maximum absolute atomic E-state index is 14.1. The van der Waals surface area contributed by atoms with E-state index in [-0.39, 0.29) is 5.56 Å². The zero-order valence-electron chi connectivity index (χ0n) is 21.2. The highest BCUT2D eigenvalue weighted by Gasteiger charge is 2.73. The van der Waals surface area contributed by atoms with Crippen LogP contribution in [0.2, 0.25) is 0 Å². The second-order valence-corrected chi connectivity index (χ2v) is 11.4. The van der Waals surface area contributed by atoms with Crippen molar-refractivity contribution in [3.05, 3.63) is 106 Å².